The van der Waals surface area contributed by atoms with Gasteiger partial charge >= 0.3 is 24.3 Å². The van der Waals surface area contributed by atoms with Gasteiger partial charge in [-0.15, -0.1) is 11.8 Å². The number of aryl methyl sites for hydroxylation is 1. The van der Waals surface area contributed by atoms with Gasteiger partial charge in [0.15, 0.2) is 0 Å². The molecule has 0 aliphatic carbocycles. The molecule has 2 fully saturated rings. The summed E-state index contributed by atoms with van der Waals surface area (Å²) in [5, 5.41) is 14.2. The summed E-state index contributed by atoms with van der Waals surface area (Å²) in [7, 11) is -3.44. The summed E-state index contributed by atoms with van der Waals surface area (Å²) in [6.45, 7) is 3.55. The highest BCUT2D eigenvalue weighted by Crippen LogP contribution is 2.47. The number of hydrogen-bond acceptors (Lipinski definition) is 8. The number of carboxylic acids is 2. The first-order chi connectivity index (χ1) is 18.4. The summed E-state index contributed by atoms with van der Waals surface area (Å²) in [5.74, 6) is -4.62. The minimum absolute atomic E-state index is 0.0139. The Balaban J connectivity index is 0.000000333. The van der Waals surface area contributed by atoms with Crippen LogP contribution in [0.25, 0.3) is 0 Å². The van der Waals surface area contributed by atoms with Crippen molar-refractivity contribution in [3.8, 4) is 0 Å². The number of carbonyl (C=O) groups is 2. The van der Waals surface area contributed by atoms with Crippen molar-refractivity contribution in [2.24, 2.45) is 0 Å². The van der Waals surface area contributed by atoms with E-state index in [-0.39, 0.29) is 15.7 Å². The number of rotatable bonds is 5. The number of aromatic nitrogens is 2. The zero-order valence-electron chi connectivity index (χ0n) is 20.5. The average Bonchev–Trinajstić information content (AvgIpc) is 3.27. The smallest absolute Gasteiger partial charge is 0.475 e. The number of hydrogen-bond donors (Lipinski definition) is 2. The van der Waals surface area contributed by atoms with E-state index in [9.17, 15) is 34.8 Å². The Kier molecular flexibility index (Phi) is 10.9. The zero-order chi connectivity index (χ0) is 30.4. The molecule has 2 aromatic heterocycles. The summed E-state index contributed by atoms with van der Waals surface area (Å²) >= 11 is 1.83. The number of alkyl halides is 6. The second kappa shape index (κ2) is 13.1. The molecule has 2 aliphatic heterocycles. The van der Waals surface area contributed by atoms with Gasteiger partial charge in [0.2, 0.25) is 10.0 Å². The minimum atomic E-state index is -5.08. The van der Waals surface area contributed by atoms with Crippen LogP contribution in [0.3, 0.4) is 0 Å². The van der Waals surface area contributed by atoms with Gasteiger partial charge in [-0.2, -0.15) is 30.6 Å². The molecule has 0 saturated carbocycles. The van der Waals surface area contributed by atoms with Crippen molar-refractivity contribution >= 4 is 33.7 Å². The van der Waals surface area contributed by atoms with Crippen LogP contribution in [0, 0.1) is 6.92 Å². The Morgan fingerprint density at radius 3 is 2.12 bits per heavy atom. The molecule has 0 amide bonds. The number of nitrogens with zero attached hydrogens (tertiary/aromatic N) is 3. The van der Waals surface area contributed by atoms with E-state index in [1.807, 2.05) is 36.9 Å². The number of aliphatic carboxylic acids is 2. The van der Waals surface area contributed by atoms with E-state index in [0.717, 1.165) is 23.6 Å². The quantitative estimate of drug-likeness (QED) is 0.477. The molecule has 40 heavy (non-hydrogen) atoms. The molecule has 18 heteroatoms. The minimum Gasteiger partial charge on any atom is -0.475 e. The van der Waals surface area contributed by atoms with Gasteiger partial charge in [0, 0.05) is 41.7 Å². The molecule has 1 unspecified atom stereocenters. The summed E-state index contributed by atoms with van der Waals surface area (Å²) < 4.78 is 96.3. The lowest BCUT2D eigenvalue weighted by atomic mass is 9.95. The molecule has 0 aromatic carbocycles. The monoisotopic (exact) mass is 619 g/mol. The van der Waals surface area contributed by atoms with Crippen molar-refractivity contribution in [3.63, 3.8) is 0 Å². The second-order valence-corrected chi connectivity index (χ2v) is 11.9. The first-order valence-corrected chi connectivity index (χ1v) is 13.5. The lowest BCUT2D eigenvalue weighted by Crippen LogP contribution is -2.60. The maximum Gasteiger partial charge on any atom is 0.490 e. The van der Waals surface area contributed by atoms with Crippen molar-refractivity contribution in [2.75, 3.05) is 18.8 Å². The molecule has 1 atom stereocenters. The number of sulfonamides is 1. The van der Waals surface area contributed by atoms with Gasteiger partial charge in [-0.25, -0.2) is 18.0 Å². The van der Waals surface area contributed by atoms with Gasteiger partial charge < -0.3 is 14.9 Å². The third kappa shape index (κ3) is 9.60. The number of carboxylic acid groups (broad SMARTS) is 2. The van der Waals surface area contributed by atoms with Crippen molar-refractivity contribution < 1.29 is 59.3 Å². The first-order valence-electron chi connectivity index (χ1n) is 11.0. The van der Waals surface area contributed by atoms with Crippen molar-refractivity contribution in [1.29, 1.82) is 0 Å². The van der Waals surface area contributed by atoms with Crippen molar-refractivity contribution in [2.45, 2.75) is 48.1 Å². The van der Waals surface area contributed by atoms with Gasteiger partial charge in [-0.05, 0) is 37.6 Å². The number of pyridine rings is 2. The lowest BCUT2D eigenvalue weighted by Gasteiger charge is -2.46. The molecule has 4 rings (SSSR count). The van der Waals surface area contributed by atoms with E-state index in [2.05, 4.69) is 9.97 Å². The van der Waals surface area contributed by atoms with Gasteiger partial charge in [-0.3, -0.25) is 9.97 Å². The molecule has 1 spiro atoms. The molecule has 0 radical (unpaired) electrons. The number of thioether (sulfide) groups is 1. The summed E-state index contributed by atoms with van der Waals surface area (Å²) in [4.78, 5) is 26.4. The fourth-order valence-corrected chi connectivity index (χ4v) is 6.72. The van der Waals surface area contributed by atoms with Gasteiger partial charge in [0.1, 0.15) is 4.90 Å². The van der Waals surface area contributed by atoms with E-state index in [4.69, 9.17) is 24.5 Å². The first kappa shape index (κ1) is 33.2. The van der Waals surface area contributed by atoms with Crippen LogP contribution in [-0.2, 0) is 31.0 Å². The third-order valence-corrected chi connectivity index (χ3v) is 8.63. The predicted molar refractivity (Wildman–Crippen MR) is 128 cm³/mol. The van der Waals surface area contributed by atoms with Gasteiger partial charge in [0.25, 0.3) is 0 Å². The molecular formula is C22H23F6N3O7S2. The zero-order valence-corrected chi connectivity index (χ0v) is 22.1. The predicted octanol–water partition coefficient (Wildman–Crippen LogP) is 3.52. The number of ether oxygens (including phenoxy) is 1. The fraction of sp³-hybridized carbons (Fsp3) is 0.455. The largest absolute Gasteiger partial charge is 0.490 e. The van der Waals surface area contributed by atoms with Crippen LogP contribution >= 0.6 is 11.8 Å². The molecule has 2 aliphatic rings. The maximum absolute atomic E-state index is 12.6. The third-order valence-electron chi connectivity index (χ3n) is 5.27. The number of halogens is 6. The average molecular weight is 620 g/mol. The Hall–Kier alpha value is -2.96. The molecule has 0 bridgehead atoms. The van der Waals surface area contributed by atoms with Gasteiger partial charge in [0.05, 0.1) is 18.4 Å². The molecule has 4 heterocycles. The highest BCUT2D eigenvalue weighted by Gasteiger charge is 2.53. The van der Waals surface area contributed by atoms with E-state index in [1.165, 1.54) is 6.20 Å². The Labute approximate surface area is 228 Å². The SMILES string of the molecule is Cc1cccc(COC2CSC3(C2)CN(S(=O)(=O)c2cccnc2)C3)n1.O=C(O)C(F)(F)F.O=C(O)C(F)(F)F. The van der Waals surface area contributed by atoms with Crippen LogP contribution in [0.2, 0.25) is 0 Å². The van der Waals surface area contributed by atoms with Crippen molar-refractivity contribution in [3.05, 3.63) is 54.1 Å². The Bertz CT molecular complexity index is 1250. The topological polar surface area (TPSA) is 147 Å². The normalized spacial score (nSPS) is 18.5. The summed E-state index contributed by atoms with van der Waals surface area (Å²) in [5.41, 5.74) is 1.92. The molecular weight excluding hydrogens is 596 g/mol. The Morgan fingerprint density at radius 2 is 1.65 bits per heavy atom. The van der Waals surface area contributed by atoms with Crippen LogP contribution in [0.4, 0.5) is 26.3 Å². The second-order valence-electron chi connectivity index (χ2n) is 8.47. The molecule has 2 N–H and O–H groups in total. The molecule has 10 nitrogen and oxygen atoms in total. The Morgan fingerprint density at radius 1 is 1.07 bits per heavy atom. The molecule has 222 valence electrons. The van der Waals surface area contributed by atoms with Gasteiger partial charge in [-0.1, -0.05) is 6.07 Å². The lowest BCUT2D eigenvalue weighted by molar-refractivity contribution is -0.193. The molecule has 2 aromatic rings. The summed E-state index contributed by atoms with van der Waals surface area (Å²) in [6.07, 6.45) is -6.16. The van der Waals surface area contributed by atoms with Crippen LogP contribution in [0.5, 0.6) is 0 Å². The van der Waals surface area contributed by atoms with Crippen LogP contribution in [-0.4, -0.2) is 86.9 Å². The van der Waals surface area contributed by atoms with Crippen molar-refractivity contribution in [1.82, 2.24) is 14.3 Å². The highest BCUT2D eigenvalue weighted by atomic mass is 32.2. The van der Waals surface area contributed by atoms with Crippen LogP contribution in [0.15, 0.2) is 47.6 Å². The van der Waals surface area contributed by atoms with Crippen LogP contribution < -0.4 is 0 Å². The molecule has 2 saturated heterocycles. The van der Waals surface area contributed by atoms with E-state index >= 15 is 0 Å². The van der Waals surface area contributed by atoms with E-state index in [0.29, 0.717) is 19.7 Å². The standard InChI is InChI=1S/C18H21N3O3S2.2C2HF3O2/c1-14-4-2-5-15(20-14)10-24-16-8-18(25-11-16)12-21(13-18)26(22,23)17-6-3-7-19-9-17;2*3-2(4,5)1(6)7/h2-7,9,16H,8,10-13H2,1H3;2*(H,6,7). The summed E-state index contributed by atoms with van der Waals surface area (Å²) in [6, 6.07) is 9.16. The fourth-order valence-electron chi connectivity index (χ4n) is 3.43. The van der Waals surface area contributed by atoms with E-state index in [1.54, 1.807) is 22.6 Å². The van der Waals surface area contributed by atoms with Crippen LogP contribution in [0.1, 0.15) is 17.8 Å². The maximum atomic E-state index is 12.6. The highest BCUT2D eigenvalue weighted by molar-refractivity contribution is 8.01. The van der Waals surface area contributed by atoms with E-state index < -0.39 is 34.3 Å².